The highest BCUT2D eigenvalue weighted by Crippen LogP contribution is 2.16. The van der Waals surface area contributed by atoms with Gasteiger partial charge in [-0.2, -0.15) is 0 Å². The van der Waals surface area contributed by atoms with Crippen molar-refractivity contribution in [3.05, 3.63) is 102 Å². The number of nitrogens with one attached hydrogen (secondary N) is 2. The third kappa shape index (κ3) is 9.58. The molecule has 0 aliphatic carbocycles. The van der Waals surface area contributed by atoms with E-state index in [0.29, 0.717) is 12.0 Å². The van der Waals surface area contributed by atoms with Crippen molar-refractivity contribution < 1.29 is 33.4 Å². The van der Waals surface area contributed by atoms with Crippen LogP contribution in [0.1, 0.15) is 41.8 Å². The lowest BCUT2D eigenvalue weighted by atomic mass is 10.0. The zero-order chi connectivity index (χ0) is 28.9. The molecule has 3 rings (SSSR count). The number of hydrogen-bond acceptors (Lipinski definition) is 7. The second kappa shape index (κ2) is 15.1. The zero-order valence-electron chi connectivity index (χ0n) is 22.8. The van der Waals surface area contributed by atoms with E-state index in [0.717, 1.165) is 11.1 Å². The van der Waals surface area contributed by atoms with Gasteiger partial charge in [0, 0.05) is 6.42 Å². The topological polar surface area (TPSA) is 120 Å². The Hall–Kier alpha value is -4.66. The molecule has 9 heteroatoms. The van der Waals surface area contributed by atoms with Crippen molar-refractivity contribution in [3.8, 4) is 5.75 Å². The first-order valence-corrected chi connectivity index (χ1v) is 13.0. The van der Waals surface area contributed by atoms with Crippen LogP contribution >= 0.6 is 0 Å². The van der Waals surface area contributed by atoms with E-state index in [1.807, 2.05) is 74.5 Å². The van der Waals surface area contributed by atoms with Gasteiger partial charge in [-0.25, -0.2) is 14.4 Å². The monoisotopic (exact) mass is 546 g/mol. The first-order valence-electron chi connectivity index (χ1n) is 13.0. The van der Waals surface area contributed by atoms with Crippen LogP contribution < -0.4 is 15.4 Å². The van der Waals surface area contributed by atoms with Crippen molar-refractivity contribution in [2.75, 3.05) is 7.11 Å². The molecule has 3 aromatic carbocycles. The molecule has 0 aliphatic heterocycles. The molecule has 3 aromatic rings. The van der Waals surface area contributed by atoms with Gasteiger partial charge in [0.05, 0.1) is 12.7 Å². The maximum Gasteiger partial charge on any atom is 0.408 e. The van der Waals surface area contributed by atoms with Crippen molar-refractivity contribution in [1.29, 1.82) is 0 Å². The van der Waals surface area contributed by atoms with Gasteiger partial charge in [0.1, 0.15) is 24.4 Å². The highest BCUT2D eigenvalue weighted by atomic mass is 16.5. The van der Waals surface area contributed by atoms with Gasteiger partial charge in [-0.1, -0.05) is 74.5 Å². The molecule has 0 aliphatic rings. The summed E-state index contributed by atoms with van der Waals surface area (Å²) in [5.74, 6) is -1.47. The van der Waals surface area contributed by atoms with E-state index in [4.69, 9.17) is 9.47 Å². The van der Waals surface area contributed by atoms with Gasteiger partial charge in [0.25, 0.3) is 0 Å². The minimum Gasteiger partial charge on any atom is -0.465 e. The van der Waals surface area contributed by atoms with E-state index in [-0.39, 0.29) is 24.7 Å². The smallest absolute Gasteiger partial charge is 0.408 e. The van der Waals surface area contributed by atoms with Gasteiger partial charge in [0.15, 0.2) is 0 Å². The summed E-state index contributed by atoms with van der Waals surface area (Å²) >= 11 is 0. The molecule has 40 heavy (non-hydrogen) atoms. The molecule has 0 spiro atoms. The first kappa shape index (κ1) is 29.9. The molecule has 0 unspecified atom stereocenters. The Morgan fingerprint density at radius 1 is 0.750 bits per heavy atom. The number of rotatable bonds is 12. The van der Waals surface area contributed by atoms with E-state index in [1.165, 1.54) is 31.4 Å². The Bertz CT molecular complexity index is 1260. The number of carbonyl (C=O) groups is 4. The second-order valence-corrected chi connectivity index (χ2v) is 9.58. The molecule has 9 nitrogen and oxygen atoms in total. The largest absolute Gasteiger partial charge is 0.465 e. The molecule has 210 valence electrons. The van der Waals surface area contributed by atoms with Crippen molar-refractivity contribution in [2.45, 2.75) is 45.4 Å². The average molecular weight is 547 g/mol. The summed E-state index contributed by atoms with van der Waals surface area (Å²) in [6, 6.07) is 22.3. The van der Waals surface area contributed by atoms with Gasteiger partial charge < -0.3 is 24.8 Å². The lowest BCUT2D eigenvalue weighted by molar-refractivity contribution is -0.140. The predicted molar refractivity (Wildman–Crippen MR) is 148 cm³/mol. The Balaban J connectivity index is 1.71. The molecular formula is C31H34N2O7. The summed E-state index contributed by atoms with van der Waals surface area (Å²) in [6.45, 7) is 3.87. The van der Waals surface area contributed by atoms with Crippen LogP contribution in [0.5, 0.6) is 5.75 Å². The summed E-state index contributed by atoms with van der Waals surface area (Å²) in [4.78, 5) is 50.8. The number of carbonyl (C=O) groups excluding carboxylic acids is 4. The number of amides is 2. The SMILES string of the molecule is COC(=O)c1ccc(OC(=O)[C@H](CC(C)C)NC(=O)[C@@H](Cc2ccccc2)NC(=O)OCc2ccccc2)cc1. The fourth-order valence-electron chi connectivity index (χ4n) is 3.89. The minimum atomic E-state index is -1.01. The van der Waals surface area contributed by atoms with Gasteiger partial charge in [0.2, 0.25) is 5.91 Å². The Kier molecular flexibility index (Phi) is 11.3. The molecule has 0 aromatic heterocycles. The van der Waals surface area contributed by atoms with E-state index < -0.39 is 36.0 Å². The van der Waals surface area contributed by atoms with Crippen LogP contribution in [-0.2, 0) is 32.1 Å². The average Bonchev–Trinajstić information content (AvgIpc) is 2.96. The number of esters is 2. The van der Waals surface area contributed by atoms with Crippen LogP contribution in [0.2, 0.25) is 0 Å². The van der Waals surface area contributed by atoms with Crippen LogP contribution in [0.3, 0.4) is 0 Å². The fourth-order valence-corrected chi connectivity index (χ4v) is 3.89. The number of benzene rings is 3. The number of alkyl carbamates (subject to hydrolysis) is 1. The predicted octanol–water partition coefficient (Wildman–Crippen LogP) is 4.45. The van der Waals surface area contributed by atoms with Crippen LogP contribution in [0, 0.1) is 5.92 Å². The van der Waals surface area contributed by atoms with Gasteiger partial charge >= 0.3 is 18.0 Å². The first-order chi connectivity index (χ1) is 19.2. The third-order valence-corrected chi connectivity index (χ3v) is 5.91. The van der Waals surface area contributed by atoms with Crippen molar-refractivity contribution >= 4 is 23.9 Å². The Morgan fingerprint density at radius 2 is 1.35 bits per heavy atom. The molecule has 0 saturated heterocycles. The summed E-state index contributed by atoms with van der Waals surface area (Å²) in [7, 11) is 1.28. The summed E-state index contributed by atoms with van der Waals surface area (Å²) in [6.07, 6.45) is -0.263. The molecule has 2 atom stereocenters. The van der Waals surface area contributed by atoms with Crippen LogP contribution in [0.15, 0.2) is 84.9 Å². The maximum atomic E-state index is 13.4. The second-order valence-electron chi connectivity index (χ2n) is 9.58. The molecule has 0 bridgehead atoms. The molecule has 0 fully saturated rings. The van der Waals surface area contributed by atoms with E-state index >= 15 is 0 Å². The molecule has 2 N–H and O–H groups in total. The van der Waals surface area contributed by atoms with Crippen LogP contribution in [-0.4, -0.2) is 43.1 Å². The van der Waals surface area contributed by atoms with Crippen molar-refractivity contribution in [2.24, 2.45) is 5.92 Å². The normalized spacial score (nSPS) is 12.1. The summed E-state index contributed by atoms with van der Waals surface area (Å²) in [5, 5.41) is 5.38. The van der Waals surface area contributed by atoms with Gasteiger partial charge in [-0.15, -0.1) is 0 Å². The highest BCUT2D eigenvalue weighted by Gasteiger charge is 2.29. The maximum absolute atomic E-state index is 13.4. The third-order valence-electron chi connectivity index (χ3n) is 5.91. The van der Waals surface area contributed by atoms with Crippen LogP contribution in [0.25, 0.3) is 0 Å². The number of ether oxygens (including phenoxy) is 3. The number of hydrogen-bond donors (Lipinski definition) is 2. The molecule has 2 amide bonds. The summed E-state index contributed by atoms with van der Waals surface area (Å²) in [5.41, 5.74) is 1.93. The summed E-state index contributed by atoms with van der Waals surface area (Å²) < 4.78 is 15.5. The minimum absolute atomic E-state index is 0.0451. The standard InChI is InChI=1S/C31H34N2O7/c1-21(2)18-27(30(36)40-25-16-14-24(15-17-25)29(35)38-3)32-28(34)26(19-22-10-6-4-7-11-22)33-31(37)39-20-23-12-8-5-9-13-23/h4-17,21,26-27H,18-20H2,1-3H3,(H,32,34)(H,33,37)/t26-,27+/m1/s1. The zero-order valence-corrected chi connectivity index (χ0v) is 22.8. The lowest BCUT2D eigenvalue weighted by Crippen LogP contribution is -2.53. The molecule has 0 heterocycles. The van der Waals surface area contributed by atoms with E-state index in [9.17, 15) is 19.2 Å². The van der Waals surface area contributed by atoms with E-state index in [1.54, 1.807) is 0 Å². The van der Waals surface area contributed by atoms with Gasteiger partial charge in [-0.05, 0) is 47.7 Å². The van der Waals surface area contributed by atoms with Crippen LogP contribution in [0.4, 0.5) is 4.79 Å². The molecule has 0 radical (unpaired) electrons. The molecular weight excluding hydrogens is 512 g/mol. The Morgan fingerprint density at radius 3 is 1.93 bits per heavy atom. The van der Waals surface area contributed by atoms with Crippen molar-refractivity contribution in [1.82, 2.24) is 10.6 Å². The van der Waals surface area contributed by atoms with E-state index in [2.05, 4.69) is 15.4 Å². The Labute approximate surface area is 233 Å². The fraction of sp³-hybridized carbons (Fsp3) is 0.290. The highest BCUT2D eigenvalue weighted by molar-refractivity contribution is 5.91. The van der Waals surface area contributed by atoms with Crippen molar-refractivity contribution in [3.63, 3.8) is 0 Å². The van der Waals surface area contributed by atoms with Gasteiger partial charge in [-0.3, -0.25) is 4.79 Å². The molecule has 0 saturated carbocycles. The number of methoxy groups -OCH3 is 1. The quantitative estimate of drug-likeness (QED) is 0.254. The lowest BCUT2D eigenvalue weighted by Gasteiger charge is -2.23.